The van der Waals surface area contributed by atoms with E-state index >= 15 is 0 Å². The Kier molecular flexibility index (Phi) is 7.93. The van der Waals surface area contributed by atoms with Gasteiger partial charge in [0.2, 0.25) is 5.91 Å². The summed E-state index contributed by atoms with van der Waals surface area (Å²) in [5.74, 6) is -1.25. The van der Waals surface area contributed by atoms with Crippen molar-refractivity contribution in [1.29, 1.82) is 0 Å². The molecule has 204 valence electrons. The Labute approximate surface area is 227 Å². The molecule has 8 heteroatoms. The van der Waals surface area contributed by atoms with E-state index in [9.17, 15) is 18.4 Å². The Morgan fingerprint density at radius 1 is 1.03 bits per heavy atom. The van der Waals surface area contributed by atoms with E-state index < -0.39 is 17.6 Å². The van der Waals surface area contributed by atoms with E-state index in [4.69, 9.17) is 4.74 Å². The molecule has 2 unspecified atom stereocenters. The highest BCUT2D eigenvalue weighted by molar-refractivity contribution is 5.89. The fraction of sp³-hybridized carbons (Fsp3) is 0.355. The second-order valence-corrected chi connectivity index (χ2v) is 10.5. The number of amides is 2. The second kappa shape index (κ2) is 11.5. The number of anilines is 1. The van der Waals surface area contributed by atoms with Crippen LogP contribution in [0.25, 0.3) is 0 Å². The molecule has 39 heavy (non-hydrogen) atoms. The lowest BCUT2D eigenvalue weighted by Crippen LogP contribution is -2.50. The first kappa shape index (κ1) is 26.8. The minimum atomic E-state index is -0.874. The van der Waals surface area contributed by atoms with Crippen LogP contribution in [0.3, 0.4) is 0 Å². The average Bonchev–Trinajstić information content (AvgIpc) is 2.93. The van der Waals surface area contributed by atoms with Crippen LogP contribution in [0.2, 0.25) is 0 Å². The van der Waals surface area contributed by atoms with Gasteiger partial charge in [-0.1, -0.05) is 42.5 Å². The number of carbonyl (C=O) groups is 2. The van der Waals surface area contributed by atoms with Crippen LogP contribution in [0.4, 0.5) is 19.3 Å². The Hall–Kier alpha value is -3.78. The number of ether oxygens (including phenoxy) is 1. The summed E-state index contributed by atoms with van der Waals surface area (Å²) in [7, 11) is 0. The fourth-order valence-corrected chi connectivity index (χ4v) is 5.75. The zero-order valence-corrected chi connectivity index (χ0v) is 22.0. The number of carbonyl (C=O) groups excluding carboxylic acids is 2. The van der Waals surface area contributed by atoms with Gasteiger partial charge in [0.1, 0.15) is 17.2 Å². The lowest BCUT2D eigenvalue weighted by atomic mass is 9.81. The molecule has 1 fully saturated rings. The van der Waals surface area contributed by atoms with Crippen molar-refractivity contribution >= 4 is 17.7 Å². The largest absolute Gasteiger partial charge is 0.438 e. The van der Waals surface area contributed by atoms with Crippen molar-refractivity contribution in [3.05, 3.63) is 101 Å². The molecule has 2 atom stereocenters. The van der Waals surface area contributed by atoms with Gasteiger partial charge in [-0.15, -0.1) is 0 Å². The monoisotopic (exact) mass is 533 g/mol. The van der Waals surface area contributed by atoms with Gasteiger partial charge < -0.3 is 15.0 Å². The Morgan fingerprint density at radius 3 is 2.44 bits per heavy atom. The van der Waals surface area contributed by atoms with Crippen LogP contribution < -0.4 is 10.6 Å². The minimum Gasteiger partial charge on any atom is -0.438 e. The van der Waals surface area contributed by atoms with Gasteiger partial charge in [-0.05, 0) is 61.2 Å². The van der Waals surface area contributed by atoms with Gasteiger partial charge in [0, 0.05) is 44.1 Å². The standard InChI is InChI=1S/C31H33F2N3O3/c1-21(36-17-14-31(15-18-36)27-20-25(33)11-12-28(27)35-30(38)39-31)19-26(23-7-9-24(32)10-8-23)29(37)34-16-13-22-5-3-2-4-6-22/h2-12,20-21,26H,13-19H2,1H3,(H,34,37)(H,35,38). The van der Waals surface area contributed by atoms with E-state index in [1.54, 1.807) is 18.2 Å². The van der Waals surface area contributed by atoms with Gasteiger partial charge in [0.25, 0.3) is 0 Å². The lowest BCUT2D eigenvalue weighted by Gasteiger charge is -2.46. The number of halogens is 2. The number of rotatable bonds is 8. The SMILES string of the molecule is CC(CC(C(=O)NCCc1ccccc1)c1ccc(F)cc1)N1CCC2(CC1)OC(=O)Nc1ccc(F)cc12. The summed E-state index contributed by atoms with van der Waals surface area (Å²) in [6.45, 7) is 3.83. The molecule has 2 aliphatic rings. The smallest absolute Gasteiger partial charge is 0.412 e. The quantitative estimate of drug-likeness (QED) is 0.388. The summed E-state index contributed by atoms with van der Waals surface area (Å²) >= 11 is 0. The van der Waals surface area contributed by atoms with Crippen LogP contribution in [0.5, 0.6) is 0 Å². The number of nitrogens with one attached hydrogen (secondary N) is 2. The zero-order chi connectivity index (χ0) is 27.4. The van der Waals surface area contributed by atoms with Crippen molar-refractivity contribution in [2.75, 3.05) is 25.0 Å². The summed E-state index contributed by atoms with van der Waals surface area (Å²) in [6, 6.07) is 20.5. The van der Waals surface area contributed by atoms with E-state index in [0.29, 0.717) is 50.1 Å². The van der Waals surface area contributed by atoms with Gasteiger partial charge in [0.05, 0.1) is 11.6 Å². The van der Waals surface area contributed by atoms with Gasteiger partial charge in [0.15, 0.2) is 0 Å². The minimum absolute atomic E-state index is 0.0293. The highest BCUT2D eigenvalue weighted by atomic mass is 19.1. The first-order chi connectivity index (χ1) is 18.8. The van der Waals surface area contributed by atoms with Crippen molar-refractivity contribution in [1.82, 2.24) is 10.2 Å². The van der Waals surface area contributed by atoms with Gasteiger partial charge in [-0.25, -0.2) is 13.6 Å². The normalized spacial score (nSPS) is 18.0. The molecule has 2 amide bonds. The van der Waals surface area contributed by atoms with Gasteiger partial charge in [-0.2, -0.15) is 0 Å². The number of hydrogen-bond donors (Lipinski definition) is 2. The molecule has 0 radical (unpaired) electrons. The van der Waals surface area contributed by atoms with Crippen LogP contribution in [0, 0.1) is 11.6 Å². The first-order valence-electron chi connectivity index (χ1n) is 13.4. The lowest BCUT2D eigenvalue weighted by molar-refractivity contribution is -0.123. The Morgan fingerprint density at radius 2 is 1.72 bits per heavy atom. The van der Waals surface area contributed by atoms with Crippen molar-refractivity contribution in [2.24, 2.45) is 0 Å². The summed E-state index contributed by atoms with van der Waals surface area (Å²) in [6.07, 6.45) is 1.78. The van der Waals surface area contributed by atoms with Crippen molar-refractivity contribution in [2.45, 2.75) is 50.2 Å². The van der Waals surface area contributed by atoms with Crippen LogP contribution in [-0.2, 0) is 21.6 Å². The van der Waals surface area contributed by atoms with E-state index in [-0.39, 0.29) is 23.6 Å². The number of hydrogen-bond acceptors (Lipinski definition) is 4. The molecule has 6 nitrogen and oxygen atoms in total. The summed E-state index contributed by atoms with van der Waals surface area (Å²) in [4.78, 5) is 27.9. The second-order valence-electron chi connectivity index (χ2n) is 10.5. The van der Waals surface area contributed by atoms with E-state index in [1.807, 2.05) is 30.3 Å². The maximum atomic E-state index is 14.1. The molecule has 0 aromatic heterocycles. The number of piperidine rings is 1. The maximum Gasteiger partial charge on any atom is 0.412 e. The highest BCUT2D eigenvalue weighted by Crippen LogP contribution is 2.44. The third kappa shape index (κ3) is 6.11. The molecule has 2 aliphatic heterocycles. The molecule has 5 rings (SSSR count). The summed E-state index contributed by atoms with van der Waals surface area (Å²) in [5, 5.41) is 5.74. The van der Waals surface area contributed by atoms with Crippen LogP contribution in [0.15, 0.2) is 72.8 Å². The summed E-state index contributed by atoms with van der Waals surface area (Å²) in [5.41, 5.74) is 2.28. The molecule has 1 saturated heterocycles. The molecule has 1 spiro atoms. The maximum absolute atomic E-state index is 14.1. The topological polar surface area (TPSA) is 70.7 Å². The number of benzene rings is 3. The first-order valence-corrected chi connectivity index (χ1v) is 13.4. The van der Waals surface area contributed by atoms with E-state index in [1.165, 1.54) is 24.3 Å². The Bertz CT molecular complexity index is 1310. The molecular weight excluding hydrogens is 500 g/mol. The third-order valence-corrected chi connectivity index (χ3v) is 7.95. The van der Waals surface area contributed by atoms with Crippen LogP contribution >= 0.6 is 0 Å². The highest BCUT2D eigenvalue weighted by Gasteiger charge is 2.45. The molecule has 2 N–H and O–H groups in total. The molecule has 0 saturated carbocycles. The van der Waals surface area contributed by atoms with E-state index in [0.717, 1.165) is 17.5 Å². The van der Waals surface area contributed by atoms with Crippen molar-refractivity contribution in [3.63, 3.8) is 0 Å². The molecule has 0 aliphatic carbocycles. The predicted octanol–water partition coefficient (Wildman–Crippen LogP) is 5.74. The van der Waals surface area contributed by atoms with Crippen molar-refractivity contribution < 1.29 is 23.1 Å². The molecule has 0 bridgehead atoms. The molecule has 3 aromatic rings. The van der Waals surface area contributed by atoms with Gasteiger partial charge >= 0.3 is 6.09 Å². The summed E-state index contributed by atoms with van der Waals surface area (Å²) < 4.78 is 33.5. The predicted molar refractivity (Wildman–Crippen MR) is 145 cm³/mol. The van der Waals surface area contributed by atoms with Crippen molar-refractivity contribution in [3.8, 4) is 0 Å². The fourth-order valence-electron chi connectivity index (χ4n) is 5.75. The van der Waals surface area contributed by atoms with Crippen LogP contribution in [0.1, 0.15) is 48.8 Å². The van der Waals surface area contributed by atoms with Gasteiger partial charge in [-0.3, -0.25) is 10.1 Å². The number of nitrogens with zero attached hydrogens (tertiary/aromatic N) is 1. The molecule has 3 aromatic carbocycles. The zero-order valence-electron chi connectivity index (χ0n) is 22.0. The average molecular weight is 534 g/mol. The molecular formula is C31H33F2N3O3. The van der Waals surface area contributed by atoms with E-state index in [2.05, 4.69) is 22.5 Å². The Balaban J connectivity index is 1.26. The number of likely N-dealkylation sites (tertiary alicyclic amines) is 1. The third-order valence-electron chi connectivity index (χ3n) is 7.95. The number of fused-ring (bicyclic) bond motifs is 2. The molecule has 2 heterocycles. The van der Waals surface area contributed by atoms with Crippen LogP contribution in [-0.4, -0.2) is 42.6 Å².